The Hall–Kier alpha value is -3.25. The summed E-state index contributed by atoms with van der Waals surface area (Å²) in [5.74, 6) is 0.438. The molecule has 1 amide bonds. The van der Waals surface area contributed by atoms with Crippen LogP contribution in [0.15, 0.2) is 87.5 Å². The molecule has 134 valence electrons. The third-order valence-electron chi connectivity index (χ3n) is 3.95. The first-order valence-corrected chi connectivity index (χ1v) is 9.22. The second-order valence-corrected chi connectivity index (χ2v) is 7.00. The predicted octanol–water partition coefficient (Wildman–Crippen LogP) is 4.97. The summed E-state index contributed by atoms with van der Waals surface area (Å²) in [4.78, 5) is 17.5. The number of hydrogen-bond donors (Lipinski definition) is 1. The monoisotopic (exact) mass is 375 g/mol. The molecule has 0 aliphatic rings. The number of carbonyl (C=O) groups excluding carboxylic acids is 1. The fraction of sp³-hybridized carbons (Fsp3) is 0.0476. The highest BCUT2D eigenvalue weighted by atomic mass is 32.2. The number of amides is 1. The Morgan fingerprint density at radius 2 is 2.00 bits per heavy atom. The van der Waals surface area contributed by atoms with Crippen LogP contribution in [0.4, 0.5) is 5.69 Å². The highest BCUT2D eigenvalue weighted by molar-refractivity contribution is 7.99. The van der Waals surface area contributed by atoms with Gasteiger partial charge in [-0.15, -0.1) is 0 Å². The number of anilines is 1. The first-order valence-electron chi connectivity index (χ1n) is 8.40. The van der Waals surface area contributed by atoms with Crippen molar-refractivity contribution in [2.24, 2.45) is 7.05 Å². The number of nitrogens with zero attached hydrogens (tertiary/aromatic N) is 2. The van der Waals surface area contributed by atoms with E-state index in [0.717, 1.165) is 26.7 Å². The minimum atomic E-state index is -0.208. The first-order chi connectivity index (χ1) is 13.2. The summed E-state index contributed by atoms with van der Waals surface area (Å²) in [6.45, 7) is 0. The average molecular weight is 375 g/mol. The summed E-state index contributed by atoms with van der Waals surface area (Å²) in [6, 6.07) is 17.3. The van der Waals surface area contributed by atoms with Crippen molar-refractivity contribution >= 4 is 40.4 Å². The van der Waals surface area contributed by atoms with Crippen LogP contribution in [0.3, 0.4) is 0 Å². The number of aryl methyl sites for hydroxylation is 1. The Bertz CT molecular complexity index is 1080. The first kappa shape index (κ1) is 17.2. The van der Waals surface area contributed by atoms with Crippen molar-refractivity contribution in [2.75, 3.05) is 5.32 Å². The van der Waals surface area contributed by atoms with Crippen molar-refractivity contribution in [1.29, 1.82) is 0 Å². The normalized spacial score (nSPS) is 11.3. The van der Waals surface area contributed by atoms with Crippen LogP contribution < -0.4 is 5.32 Å². The van der Waals surface area contributed by atoms with Crippen LogP contribution in [0.5, 0.6) is 0 Å². The number of nitrogens with one attached hydrogen (secondary N) is 1. The van der Waals surface area contributed by atoms with E-state index in [1.165, 1.54) is 6.08 Å². The molecule has 0 aliphatic carbocycles. The van der Waals surface area contributed by atoms with Crippen LogP contribution in [0, 0.1) is 0 Å². The maximum Gasteiger partial charge on any atom is 0.248 e. The SMILES string of the molecule is Cn1ccnc1Sc1ccc(NC(=O)/C=C/c2cc3ccccc3o2)cc1. The number of benzene rings is 2. The molecule has 0 atom stereocenters. The predicted molar refractivity (Wildman–Crippen MR) is 108 cm³/mol. The zero-order chi connectivity index (χ0) is 18.6. The number of hydrogen-bond acceptors (Lipinski definition) is 4. The topological polar surface area (TPSA) is 60.1 Å². The molecule has 5 nitrogen and oxygen atoms in total. The highest BCUT2D eigenvalue weighted by Gasteiger charge is 2.04. The molecule has 0 bridgehead atoms. The Labute approximate surface area is 160 Å². The van der Waals surface area contributed by atoms with Crippen LogP contribution in [0.2, 0.25) is 0 Å². The molecule has 27 heavy (non-hydrogen) atoms. The van der Waals surface area contributed by atoms with Gasteiger partial charge in [0.1, 0.15) is 11.3 Å². The molecule has 0 saturated heterocycles. The molecule has 0 aliphatic heterocycles. The fourth-order valence-corrected chi connectivity index (χ4v) is 3.39. The molecule has 6 heteroatoms. The van der Waals surface area contributed by atoms with Gasteiger partial charge in [-0.25, -0.2) is 4.98 Å². The van der Waals surface area contributed by atoms with E-state index in [-0.39, 0.29) is 5.91 Å². The third kappa shape index (κ3) is 4.12. The van der Waals surface area contributed by atoms with E-state index < -0.39 is 0 Å². The van der Waals surface area contributed by atoms with Crippen LogP contribution in [0.1, 0.15) is 5.76 Å². The van der Waals surface area contributed by atoms with Gasteiger partial charge in [0.2, 0.25) is 5.91 Å². The number of furan rings is 1. The molecule has 4 rings (SSSR count). The second kappa shape index (κ2) is 7.55. The van der Waals surface area contributed by atoms with Crippen molar-refractivity contribution in [1.82, 2.24) is 9.55 Å². The largest absolute Gasteiger partial charge is 0.457 e. The summed E-state index contributed by atoms with van der Waals surface area (Å²) in [6.07, 6.45) is 6.81. The van der Waals surface area contributed by atoms with E-state index in [2.05, 4.69) is 10.3 Å². The second-order valence-electron chi connectivity index (χ2n) is 5.96. The molecule has 1 N–H and O–H groups in total. The van der Waals surface area contributed by atoms with Gasteiger partial charge in [0.25, 0.3) is 0 Å². The van der Waals surface area contributed by atoms with E-state index in [0.29, 0.717) is 5.76 Å². The van der Waals surface area contributed by atoms with Gasteiger partial charge >= 0.3 is 0 Å². The van der Waals surface area contributed by atoms with Crippen molar-refractivity contribution in [3.63, 3.8) is 0 Å². The highest BCUT2D eigenvalue weighted by Crippen LogP contribution is 2.26. The summed E-state index contributed by atoms with van der Waals surface area (Å²) in [5, 5.41) is 4.78. The minimum absolute atomic E-state index is 0.208. The van der Waals surface area contributed by atoms with Crippen LogP contribution in [-0.2, 0) is 11.8 Å². The lowest BCUT2D eigenvalue weighted by Crippen LogP contribution is -2.07. The Morgan fingerprint density at radius 3 is 2.74 bits per heavy atom. The van der Waals surface area contributed by atoms with Crippen LogP contribution >= 0.6 is 11.8 Å². The Kier molecular flexibility index (Phi) is 4.80. The van der Waals surface area contributed by atoms with E-state index in [4.69, 9.17) is 4.42 Å². The molecule has 0 saturated carbocycles. The van der Waals surface area contributed by atoms with Gasteiger partial charge < -0.3 is 14.3 Å². The molecule has 2 aromatic heterocycles. The smallest absolute Gasteiger partial charge is 0.248 e. The third-order valence-corrected chi connectivity index (χ3v) is 5.04. The van der Waals surface area contributed by atoms with Crippen molar-refractivity contribution in [3.8, 4) is 0 Å². The van der Waals surface area contributed by atoms with Gasteiger partial charge in [0.05, 0.1) is 0 Å². The van der Waals surface area contributed by atoms with Crippen molar-refractivity contribution in [2.45, 2.75) is 10.1 Å². The summed E-state index contributed by atoms with van der Waals surface area (Å²) >= 11 is 1.57. The summed E-state index contributed by atoms with van der Waals surface area (Å²) in [7, 11) is 1.96. The van der Waals surface area contributed by atoms with E-state index in [9.17, 15) is 4.79 Å². The molecule has 2 aromatic carbocycles. The van der Waals surface area contributed by atoms with Gasteiger partial charge in [0.15, 0.2) is 5.16 Å². The maximum atomic E-state index is 12.1. The molecular formula is C21H17N3O2S. The van der Waals surface area contributed by atoms with Crippen LogP contribution in [-0.4, -0.2) is 15.5 Å². The van der Waals surface area contributed by atoms with Gasteiger partial charge in [-0.05, 0) is 42.5 Å². The van der Waals surface area contributed by atoms with Crippen molar-refractivity contribution < 1.29 is 9.21 Å². The van der Waals surface area contributed by atoms with E-state index >= 15 is 0 Å². The van der Waals surface area contributed by atoms with Gasteiger partial charge in [-0.1, -0.05) is 30.0 Å². The molecule has 0 fully saturated rings. The average Bonchev–Trinajstić information content (AvgIpc) is 3.27. The van der Waals surface area contributed by atoms with Crippen molar-refractivity contribution in [3.05, 3.63) is 78.8 Å². The quantitative estimate of drug-likeness (QED) is 0.500. The molecule has 0 unspecified atom stereocenters. The summed E-state index contributed by atoms with van der Waals surface area (Å²) in [5.41, 5.74) is 1.54. The number of rotatable bonds is 5. The van der Waals surface area contributed by atoms with Gasteiger partial charge in [-0.3, -0.25) is 4.79 Å². The zero-order valence-electron chi connectivity index (χ0n) is 14.6. The summed E-state index contributed by atoms with van der Waals surface area (Å²) < 4.78 is 7.63. The lowest BCUT2D eigenvalue weighted by Gasteiger charge is -2.04. The standard InChI is InChI=1S/C21H17N3O2S/c1-24-13-12-22-21(24)27-18-9-6-16(7-10-18)23-20(25)11-8-17-14-15-4-2-3-5-19(15)26-17/h2-14H,1H3,(H,23,25)/b11-8+. The Balaban J connectivity index is 1.38. The Morgan fingerprint density at radius 1 is 1.19 bits per heavy atom. The molecule has 0 spiro atoms. The maximum absolute atomic E-state index is 12.1. The lowest BCUT2D eigenvalue weighted by atomic mass is 10.2. The lowest BCUT2D eigenvalue weighted by molar-refractivity contribution is -0.111. The zero-order valence-corrected chi connectivity index (χ0v) is 15.4. The van der Waals surface area contributed by atoms with Crippen LogP contribution in [0.25, 0.3) is 17.0 Å². The number of carbonyl (C=O) groups is 1. The fourth-order valence-electron chi connectivity index (χ4n) is 2.59. The number of aromatic nitrogens is 2. The van der Waals surface area contributed by atoms with Gasteiger partial charge in [-0.2, -0.15) is 0 Å². The molecular weight excluding hydrogens is 358 g/mol. The van der Waals surface area contributed by atoms with Gasteiger partial charge in [0, 0.05) is 41.5 Å². The number of para-hydroxylation sites is 1. The molecule has 4 aromatic rings. The molecule has 2 heterocycles. The van der Waals surface area contributed by atoms with E-state index in [1.807, 2.05) is 72.4 Å². The number of imidazole rings is 1. The molecule has 0 radical (unpaired) electrons. The minimum Gasteiger partial charge on any atom is -0.457 e. The van der Waals surface area contributed by atoms with E-state index in [1.54, 1.807) is 24.0 Å². The number of fused-ring (bicyclic) bond motifs is 1.